The fraction of sp³-hybridized carbons (Fsp3) is 0.273. The molecule has 0 saturated heterocycles. The summed E-state index contributed by atoms with van der Waals surface area (Å²) < 4.78 is 5.90. The van der Waals surface area contributed by atoms with Gasteiger partial charge in [-0.1, -0.05) is 48.5 Å². The average molecular weight is 330 g/mol. The molecule has 126 valence electrons. The summed E-state index contributed by atoms with van der Waals surface area (Å²) in [6.45, 7) is 2.58. The summed E-state index contributed by atoms with van der Waals surface area (Å²) in [5, 5.41) is 9.95. The van der Waals surface area contributed by atoms with E-state index in [4.69, 9.17) is 10.00 Å². The first-order valence-corrected chi connectivity index (χ1v) is 8.75. The number of benzene rings is 2. The molecule has 3 aromatic rings. The summed E-state index contributed by atoms with van der Waals surface area (Å²) in [7, 11) is 0. The molecule has 3 heteroatoms. The van der Waals surface area contributed by atoms with E-state index in [1.807, 2.05) is 49.4 Å². The van der Waals surface area contributed by atoms with Crippen LogP contribution in [-0.2, 0) is 0 Å². The molecule has 25 heavy (non-hydrogen) atoms. The molecule has 0 N–H and O–H groups in total. The van der Waals surface area contributed by atoms with Crippen LogP contribution in [0.4, 0.5) is 0 Å². The molecule has 1 aromatic heterocycles. The Hall–Kier alpha value is -2.86. The predicted octanol–water partition coefficient (Wildman–Crippen LogP) is 5.61. The second-order valence-corrected chi connectivity index (χ2v) is 6.27. The molecular weight excluding hydrogens is 308 g/mol. The van der Waals surface area contributed by atoms with E-state index in [1.54, 1.807) is 0 Å². The molecule has 1 heterocycles. The van der Waals surface area contributed by atoms with E-state index in [1.165, 1.54) is 0 Å². The van der Waals surface area contributed by atoms with Crippen LogP contribution in [0.5, 0.6) is 5.88 Å². The third-order valence-electron chi connectivity index (χ3n) is 4.28. The van der Waals surface area contributed by atoms with Gasteiger partial charge in [0.15, 0.2) is 0 Å². The van der Waals surface area contributed by atoms with E-state index in [0.717, 1.165) is 41.3 Å². The van der Waals surface area contributed by atoms with E-state index in [-0.39, 0.29) is 5.92 Å². The minimum atomic E-state index is 0.114. The monoisotopic (exact) mass is 330 g/mol. The van der Waals surface area contributed by atoms with E-state index < -0.39 is 0 Å². The number of ether oxygens (including phenoxy) is 1. The first-order chi connectivity index (χ1) is 12.3. The minimum Gasteiger partial charge on any atom is -0.478 e. The van der Waals surface area contributed by atoms with Crippen molar-refractivity contribution in [1.82, 2.24) is 4.98 Å². The second kappa shape index (κ2) is 8.30. The highest BCUT2D eigenvalue weighted by Gasteiger charge is 2.08. The van der Waals surface area contributed by atoms with Crippen molar-refractivity contribution in [3.63, 3.8) is 0 Å². The van der Waals surface area contributed by atoms with Crippen LogP contribution < -0.4 is 4.74 Å². The molecular formula is C22H22N2O. The van der Waals surface area contributed by atoms with Crippen LogP contribution in [-0.4, -0.2) is 11.6 Å². The number of nitrogens with zero attached hydrogens (tertiary/aromatic N) is 2. The number of hydrogen-bond acceptors (Lipinski definition) is 3. The zero-order valence-electron chi connectivity index (χ0n) is 14.5. The Labute approximate surface area is 148 Å². The Morgan fingerprint density at radius 3 is 2.60 bits per heavy atom. The van der Waals surface area contributed by atoms with Crippen molar-refractivity contribution in [3.8, 4) is 23.1 Å². The molecule has 0 aliphatic heterocycles. The number of para-hydroxylation sites is 1. The summed E-state index contributed by atoms with van der Waals surface area (Å²) in [5.74, 6) is 0.773. The summed E-state index contributed by atoms with van der Waals surface area (Å²) >= 11 is 0. The minimum absolute atomic E-state index is 0.114. The van der Waals surface area contributed by atoms with Gasteiger partial charge in [-0.25, -0.2) is 4.98 Å². The van der Waals surface area contributed by atoms with Crippen LogP contribution >= 0.6 is 0 Å². The molecule has 0 amide bonds. The van der Waals surface area contributed by atoms with Crippen molar-refractivity contribution < 1.29 is 4.74 Å². The fourth-order valence-corrected chi connectivity index (χ4v) is 2.88. The zero-order chi connectivity index (χ0) is 17.5. The van der Waals surface area contributed by atoms with Gasteiger partial charge in [0.25, 0.3) is 0 Å². The van der Waals surface area contributed by atoms with Gasteiger partial charge >= 0.3 is 0 Å². The lowest BCUT2D eigenvalue weighted by Gasteiger charge is -2.11. The molecule has 3 nitrogen and oxygen atoms in total. The first-order valence-electron chi connectivity index (χ1n) is 8.75. The Kier molecular flexibility index (Phi) is 5.64. The van der Waals surface area contributed by atoms with Crippen molar-refractivity contribution in [3.05, 3.63) is 60.7 Å². The number of nitriles is 1. The first kappa shape index (κ1) is 17.0. The van der Waals surface area contributed by atoms with Gasteiger partial charge in [0, 0.05) is 17.4 Å². The van der Waals surface area contributed by atoms with E-state index in [2.05, 4.69) is 29.3 Å². The number of fused-ring (bicyclic) bond motifs is 1. The lowest BCUT2D eigenvalue weighted by atomic mass is 10.0. The van der Waals surface area contributed by atoms with Gasteiger partial charge in [-0.3, -0.25) is 0 Å². The maximum Gasteiger partial charge on any atom is 0.214 e. The molecule has 0 aliphatic rings. The highest BCUT2D eigenvalue weighted by atomic mass is 16.5. The Morgan fingerprint density at radius 2 is 1.80 bits per heavy atom. The zero-order valence-corrected chi connectivity index (χ0v) is 14.5. The molecule has 0 bridgehead atoms. The quantitative estimate of drug-likeness (QED) is 0.529. The highest BCUT2D eigenvalue weighted by molar-refractivity contribution is 5.95. The Balaban J connectivity index is 1.77. The summed E-state index contributed by atoms with van der Waals surface area (Å²) in [6, 6.07) is 22.8. The summed E-state index contributed by atoms with van der Waals surface area (Å²) in [4.78, 5) is 4.64. The molecule has 1 atom stereocenters. The van der Waals surface area contributed by atoms with Crippen molar-refractivity contribution >= 4 is 10.9 Å². The van der Waals surface area contributed by atoms with Crippen molar-refractivity contribution in [2.24, 2.45) is 5.92 Å². The largest absolute Gasteiger partial charge is 0.478 e. The van der Waals surface area contributed by atoms with Gasteiger partial charge in [0.05, 0.1) is 18.2 Å². The lowest BCUT2D eigenvalue weighted by molar-refractivity contribution is 0.293. The molecule has 2 aromatic carbocycles. The Morgan fingerprint density at radius 1 is 1.04 bits per heavy atom. The van der Waals surface area contributed by atoms with Gasteiger partial charge in [-0.05, 0) is 43.4 Å². The fourth-order valence-electron chi connectivity index (χ4n) is 2.88. The Bertz CT molecular complexity index is 868. The third-order valence-corrected chi connectivity index (χ3v) is 4.28. The van der Waals surface area contributed by atoms with Gasteiger partial charge in [0.2, 0.25) is 5.88 Å². The average Bonchev–Trinajstić information content (AvgIpc) is 2.67. The second-order valence-electron chi connectivity index (χ2n) is 6.27. The molecule has 0 radical (unpaired) electrons. The maximum atomic E-state index is 8.82. The topological polar surface area (TPSA) is 45.9 Å². The van der Waals surface area contributed by atoms with E-state index in [9.17, 15) is 0 Å². The summed E-state index contributed by atoms with van der Waals surface area (Å²) in [6.07, 6.45) is 2.84. The number of hydrogen-bond donors (Lipinski definition) is 0. The van der Waals surface area contributed by atoms with Crippen molar-refractivity contribution in [1.29, 1.82) is 5.26 Å². The van der Waals surface area contributed by atoms with Crippen molar-refractivity contribution in [2.45, 2.75) is 26.2 Å². The summed E-state index contributed by atoms with van der Waals surface area (Å²) in [5.41, 5.74) is 3.24. The molecule has 1 unspecified atom stereocenters. The van der Waals surface area contributed by atoms with Crippen LogP contribution in [0.1, 0.15) is 26.2 Å². The van der Waals surface area contributed by atoms with Gasteiger partial charge < -0.3 is 4.74 Å². The van der Waals surface area contributed by atoms with Crippen LogP contribution in [0.15, 0.2) is 60.7 Å². The molecule has 0 aliphatic carbocycles. The number of unbranched alkanes of at least 4 members (excludes halogenated alkanes) is 1. The van der Waals surface area contributed by atoms with Crippen LogP contribution in [0, 0.1) is 17.2 Å². The highest BCUT2D eigenvalue weighted by Crippen LogP contribution is 2.30. The lowest BCUT2D eigenvalue weighted by Crippen LogP contribution is -2.01. The number of pyridine rings is 1. The maximum absolute atomic E-state index is 8.82. The molecule has 0 fully saturated rings. The van der Waals surface area contributed by atoms with Gasteiger partial charge in [-0.15, -0.1) is 0 Å². The normalized spacial score (nSPS) is 11.8. The van der Waals surface area contributed by atoms with Gasteiger partial charge in [-0.2, -0.15) is 5.26 Å². The molecule has 0 spiro atoms. The SMILES string of the molecule is CC(C#N)CCCCOc1cc(-c2ccccc2)c2ccccc2n1. The molecule has 0 saturated carbocycles. The van der Waals surface area contributed by atoms with Crippen molar-refractivity contribution in [2.75, 3.05) is 6.61 Å². The number of rotatable bonds is 7. The predicted molar refractivity (Wildman–Crippen MR) is 101 cm³/mol. The number of aromatic nitrogens is 1. The van der Waals surface area contributed by atoms with E-state index >= 15 is 0 Å². The van der Waals surface area contributed by atoms with E-state index in [0.29, 0.717) is 12.5 Å². The van der Waals surface area contributed by atoms with Crippen LogP contribution in [0.2, 0.25) is 0 Å². The molecule has 3 rings (SSSR count). The van der Waals surface area contributed by atoms with Crippen LogP contribution in [0.3, 0.4) is 0 Å². The van der Waals surface area contributed by atoms with Gasteiger partial charge in [0.1, 0.15) is 0 Å². The third kappa shape index (κ3) is 4.36. The van der Waals surface area contributed by atoms with Crippen LogP contribution in [0.25, 0.3) is 22.0 Å². The standard InChI is InChI=1S/C22H22N2O/c1-17(16-23)9-7-8-14-25-22-15-20(18-10-3-2-4-11-18)19-12-5-6-13-21(19)24-22/h2-6,10-13,15,17H,7-9,14H2,1H3. The smallest absolute Gasteiger partial charge is 0.214 e.